The Morgan fingerprint density at radius 1 is 1.08 bits per heavy atom. The number of nitrogens with zero attached hydrogens (tertiary/aromatic N) is 2. The summed E-state index contributed by atoms with van der Waals surface area (Å²) in [5.41, 5.74) is -0.286. The van der Waals surface area contributed by atoms with Gasteiger partial charge in [-0.25, -0.2) is 0 Å². The highest BCUT2D eigenvalue weighted by Gasteiger charge is 2.42. The zero-order chi connectivity index (χ0) is 16.8. The van der Waals surface area contributed by atoms with Crippen LogP contribution < -0.4 is 5.32 Å². The second kappa shape index (κ2) is 8.63. The number of amides is 1. The van der Waals surface area contributed by atoms with Crippen molar-refractivity contribution in [3.8, 4) is 0 Å². The van der Waals surface area contributed by atoms with E-state index in [1.807, 2.05) is 0 Å². The normalized spacial score (nSPS) is 26.5. The van der Waals surface area contributed by atoms with Gasteiger partial charge >= 0.3 is 0 Å². The zero-order valence-electron chi connectivity index (χ0n) is 15.4. The lowest BCUT2D eigenvalue weighted by Gasteiger charge is -2.43. The Labute approximate surface area is 147 Å². The third kappa shape index (κ3) is 4.30. The van der Waals surface area contributed by atoms with Crippen molar-refractivity contribution in [2.75, 3.05) is 59.5 Å². The lowest BCUT2D eigenvalue weighted by molar-refractivity contribution is -0.149. The molecule has 24 heavy (non-hydrogen) atoms. The summed E-state index contributed by atoms with van der Waals surface area (Å²) in [4.78, 5) is 17.9. The summed E-state index contributed by atoms with van der Waals surface area (Å²) in [6.45, 7) is 7.54. The Morgan fingerprint density at radius 3 is 2.38 bits per heavy atom. The Hall–Kier alpha value is -0.650. The van der Waals surface area contributed by atoms with E-state index in [9.17, 15) is 4.79 Å². The highest BCUT2D eigenvalue weighted by Crippen LogP contribution is 2.32. The molecule has 1 N–H and O–H groups in total. The molecule has 5 heteroatoms. The van der Waals surface area contributed by atoms with Crippen molar-refractivity contribution < 1.29 is 9.53 Å². The van der Waals surface area contributed by atoms with E-state index in [4.69, 9.17) is 4.74 Å². The second-order valence-corrected chi connectivity index (χ2v) is 8.06. The lowest BCUT2D eigenvalue weighted by Crippen LogP contribution is -2.57. The minimum absolute atomic E-state index is 0.286. The summed E-state index contributed by atoms with van der Waals surface area (Å²) in [5, 5.41) is 3.37. The Morgan fingerprint density at radius 2 is 1.75 bits per heavy atom. The zero-order valence-corrected chi connectivity index (χ0v) is 15.4. The summed E-state index contributed by atoms with van der Waals surface area (Å²) in [5.74, 6) is 1.23. The molecule has 0 atom stereocenters. The van der Waals surface area contributed by atoms with Crippen LogP contribution in [-0.4, -0.2) is 75.2 Å². The molecule has 0 unspecified atom stereocenters. The quantitative estimate of drug-likeness (QED) is 0.830. The molecule has 2 heterocycles. The van der Waals surface area contributed by atoms with Crippen molar-refractivity contribution >= 4 is 5.91 Å². The number of piperazine rings is 1. The van der Waals surface area contributed by atoms with Gasteiger partial charge in [-0.1, -0.05) is 19.3 Å². The maximum atomic E-state index is 13.2. The van der Waals surface area contributed by atoms with Gasteiger partial charge in [-0.3, -0.25) is 9.69 Å². The van der Waals surface area contributed by atoms with E-state index in [2.05, 4.69) is 15.1 Å². The summed E-state index contributed by atoms with van der Waals surface area (Å²) < 4.78 is 5.43. The number of ether oxygens (including phenoxy) is 1. The van der Waals surface area contributed by atoms with Crippen LogP contribution in [0.1, 0.15) is 44.9 Å². The maximum Gasteiger partial charge on any atom is 0.231 e. The Bertz CT molecular complexity index is 390. The average molecular weight is 338 g/mol. The highest BCUT2D eigenvalue weighted by molar-refractivity contribution is 5.83. The highest BCUT2D eigenvalue weighted by atomic mass is 16.5. The van der Waals surface area contributed by atoms with Gasteiger partial charge in [0.25, 0.3) is 0 Å². The number of methoxy groups -OCH3 is 1. The van der Waals surface area contributed by atoms with Crippen molar-refractivity contribution in [3.05, 3.63) is 0 Å². The minimum Gasteiger partial charge on any atom is -0.384 e. The molecule has 3 rings (SSSR count). The van der Waals surface area contributed by atoms with Crippen molar-refractivity contribution in [3.63, 3.8) is 0 Å². The van der Waals surface area contributed by atoms with Gasteiger partial charge in [0.2, 0.25) is 5.91 Å². The largest absolute Gasteiger partial charge is 0.384 e. The summed E-state index contributed by atoms with van der Waals surface area (Å²) in [6, 6.07) is 0. The molecule has 138 valence electrons. The molecule has 3 fully saturated rings. The third-order valence-corrected chi connectivity index (χ3v) is 6.34. The van der Waals surface area contributed by atoms with E-state index in [-0.39, 0.29) is 5.41 Å². The molecule has 1 aliphatic carbocycles. The fourth-order valence-corrected chi connectivity index (χ4v) is 4.81. The van der Waals surface area contributed by atoms with Crippen LogP contribution in [0.2, 0.25) is 0 Å². The maximum absolute atomic E-state index is 13.2. The fourth-order valence-electron chi connectivity index (χ4n) is 4.81. The van der Waals surface area contributed by atoms with Gasteiger partial charge in [-0.2, -0.15) is 0 Å². The van der Waals surface area contributed by atoms with Gasteiger partial charge in [0, 0.05) is 39.8 Å². The SMILES string of the molecule is COCC1(C(=O)N2CCN(CC3CCCCC3)CC2)CCNCC1. The molecule has 0 aromatic rings. The molecule has 0 radical (unpaired) electrons. The molecular formula is C19H35N3O2. The van der Waals surface area contributed by atoms with Crippen LogP contribution in [0.4, 0.5) is 0 Å². The average Bonchev–Trinajstić information content (AvgIpc) is 2.64. The molecule has 5 nitrogen and oxygen atoms in total. The summed E-state index contributed by atoms with van der Waals surface area (Å²) in [6.07, 6.45) is 8.87. The number of carbonyl (C=O) groups is 1. The summed E-state index contributed by atoms with van der Waals surface area (Å²) in [7, 11) is 1.72. The van der Waals surface area contributed by atoms with Crippen LogP contribution >= 0.6 is 0 Å². The van der Waals surface area contributed by atoms with E-state index < -0.39 is 0 Å². The summed E-state index contributed by atoms with van der Waals surface area (Å²) >= 11 is 0. The van der Waals surface area contributed by atoms with Crippen LogP contribution in [0.5, 0.6) is 0 Å². The smallest absolute Gasteiger partial charge is 0.231 e. The van der Waals surface area contributed by atoms with Crippen molar-refractivity contribution in [2.45, 2.75) is 44.9 Å². The van der Waals surface area contributed by atoms with Gasteiger partial charge in [0.1, 0.15) is 0 Å². The predicted molar refractivity (Wildman–Crippen MR) is 96.0 cm³/mol. The van der Waals surface area contributed by atoms with Gasteiger partial charge < -0.3 is 15.0 Å². The molecule has 1 saturated carbocycles. The van der Waals surface area contributed by atoms with Crippen LogP contribution in [-0.2, 0) is 9.53 Å². The first kappa shape index (κ1) is 18.2. The standard InChI is InChI=1S/C19H35N3O2/c1-24-16-19(7-9-20-10-8-19)18(23)22-13-11-21(12-14-22)15-17-5-3-2-4-6-17/h17,20H,2-16H2,1H3. The molecule has 1 amide bonds. The lowest BCUT2D eigenvalue weighted by atomic mass is 9.78. The van der Waals surface area contributed by atoms with Gasteiger partial charge in [0.05, 0.1) is 12.0 Å². The first-order valence-corrected chi connectivity index (χ1v) is 9.95. The van der Waals surface area contributed by atoms with Crippen molar-refractivity contribution in [1.82, 2.24) is 15.1 Å². The number of nitrogens with one attached hydrogen (secondary N) is 1. The third-order valence-electron chi connectivity index (χ3n) is 6.34. The molecule has 0 bridgehead atoms. The number of hydrogen-bond acceptors (Lipinski definition) is 4. The monoisotopic (exact) mass is 337 g/mol. The first-order chi connectivity index (χ1) is 11.7. The Balaban J connectivity index is 1.50. The van der Waals surface area contributed by atoms with Gasteiger partial charge in [-0.15, -0.1) is 0 Å². The van der Waals surface area contributed by atoms with E-state index >= 15 is 0 Å². The number of carbonyl (C=O) groups excluding carboxylic acids is 1. The van der Waals surface area contributed by atoms with E-state index in [0.717, 1.165) is 58.0 Å². The predicted octanol–water partition coefficient (Wildman–Crippen LogP) is 1.73. The molecule has 0 aromatic heterocycles. The van der Waals surface area contributed by atoms with Crippen molar-refractivity contribution in [2.24, 2.45) is 11.3 Å². The molecule has 2 aliphatic heterocycles. The molecule has 3 aliphatic rings. The molecular weight excluding hydrogens is 302 g/mol. The number of rotatable bonds is 5. The minimum atomic E-state index is -0.286. The molecule has 2 saturated heterocycles. The van der Waals surface area contributed by atoms with E-state index in [0.29, 0.717) is 12.5 Å². The number of hydrogen-bond donors (Lipinski definition) is 1. The Kier molecular flexibility index (Phi) is 6.53. The number of piperidine rings is 1. The van der Waals surface area contributed by atoms with E-state index in [1.165, 1.54) is 38.6 Å². The first-order valence-electron chi connectivity index (χ1n) is 9.95. The van der Waals surface area contributed by atoms with Gasteiger partial charge in [0.15, 0.2) is 0 Å². The van der Waals surface area contributed by atoms with Gasteiger partial charge in [-0.05, 0) is 44.7 Å². The fraction of sp³-hybridized carbons (Fsp3) is 0.947. The molecule has 0 aromatic carbocycles. The van der Waals surface area contributed by atoms with Crippen LogP contribution in [0.15, 0.2) is 0 Å². The van der Waals surface area contributed by atoms with Crippen molar-refractivity contribution in [1.29, 1.82) is 0 Å². The van der Waals surface area contributed by atoms with Crippen LogP contribution in [0, 0.1) is 11.3 Å². The van der Waals surface area contributed by atoms with Crippen LogP contribution in [0.25, 0.3) is 0 Å². The molecule has 0 spiro atoms. The topological polar surface area (TPSA) is 44.8 Å². The van der Waals surface area contributed by atoms with Crippen LogP contribution in [0.3, 0.4) is 0 Å². The second-order valence-electron chi connectivity index (χ2n) is 8.06. The van der Waals surface area contributed by atoms with E-state index in [1.54, 1.807) is 7.11 Å².